The first-order valence-corrected chi connectivity index (χ1v) is 12.2. The average molecular weight is 472 g/mol. The molecule has 0 saturated heterocycles. The van der Waals surface area contributed by atoms with Gasteiger partial charge in [-0.05, 0) is 80.0 Å². The maximum Gasteiger partial charge on any atom is 0.338 e. The zero-order chi connectivity index (χ0) is 25.0. The van der Waals surface area contributed by atoms with Crippen LogP contribution in [0.4, 0.5) is 0 Å². The molecule has 0 amide bonds. The van der Waals surface area contributed by atoms with Crippen LogP contribution in [-0.4, -0.2) is 30.2 Å². The standard InChI is InChI=1S/C30H33NO4/c1-30(2,3)35-28(32)21-17-15-20(16-18-21)9-8-14-27(31)29(33)34-19-26-24-12-6-4-10-22(24)23-11-5-7-13-25(23)26/h4-7,10-13,15-18,26-27H,8-9,14,19,31H2,1-3H3. The second-order valence-electron chi connectivity index (χ2n) is 10.1. The van der Waals surface area contributed by atoms with Gasteiger partial charge in [-0.3, -0.25) is 4.79 Å². The van der Waals surface area contributed by atoms with Crippen molar-refractivity contribution in [2.45, 2.75) is 57.6 Å². The third kappa shape index (κ3) is 5.98. The van der Waals surface area contributed by atoms with Gasteiger partial charge in [-0.2, -0.15) is 0 Å². The summed E-state index contributed by atoms with van der Waals surface area (Å²) in [5.41, 5.74) is 12.0. The Bertz CT molecular complexity index is 1150. The molecular formula is C30H33NO4. The van der Waals surface area contributed by atoms with E-state index in [1.807, 2.05) is 57.2 Å². The zero-order valence-corrected chi connectivity index (χ0v) is 20.6. The fourth-order valence-electron chi connectivity index (χ4n) is 4.50. The maximum atomic E-state index is 12.6. The van der Waals surface area contributed by atoms with Crippen molar-refractivity contribution >= 4 is 11.9 Å². The fourth-order valence-corrected chi connectivity index (χ4v) is 4.50. The minimum Gasteiger partial charge on any atom is -0.464 e. The van der Waals surface area contributed by atoms with E-state index < -0.39 is 11.6 Å². The second-order valence-corrected chi connectivity index (χ2v) is 10.1. The van der Waals surface area contributed by atoms with Gasteiger partial charge in [0.05, 0.1) is 5.56 Å². The van der Waals surface area contributed by atoms with Crippen LogP contribution in [-0.2, 0) is 20.7 Å². The van der Waals surface area contributed by atoms with Gasteiger partial charge in [0, 0.05) is 5.92 Å². The lowest BCUT2D eigenvalue weighted by Crippen LogP contribution is -2.33. The van der Waals surface area contributed by atoms with Crippen LogP contribution in [0.1, 0.15) is 66.6 Å². The normalized spacial score (nSPS) is 13.6. The largest absolute Gasteiger partial charge is 0.464 e. The van der Waals surface area contributed by atoms with Crippen LogP contribution < -0.4 is 5.73 Å². The van der Waals surface area contributed by atoms with Crippen molar-refractivity contribution < 1.29 is 19.1 Å². The summed E-state index contributed by atoms with van der Waals surface area (Å²) in [4.78, 5) is 24.8. The van der Waals surface area contributed by atoms with E-state index in [4.69, 9.17) is 15.2 Å². The van der Waals surface area contributed by atoms with Gasteiger partial charge in [-0.15, -0.1) is 0 Å². The van der Waals surface area contributed by atoms with Crippen molar-refractivity contribution in [2.24, 2.45) is 5.73 Å². The van der Waals surface area contributed by atoms with Crippen molar-refractivity contribution in [3.63, 3.8) is 0 Å². The number of nitrogens with two attached hydrogens (primary N) is 1. The number of carbonyl (C=O) groups is 2. The first-order valence-electron chi connectivity index (χ1n) is 12.2. The van der Waals surface area contributed by atoms with Crippen LogP contribution in [0.15, 0.2) is 72.8 Å². The van der Waals surface area contributed by atoms with Gasteiger partial charge < -0.3 is 15.2 Å². The molecule has 5 heteroatoms. The average Bonchev–Trinajstić information content (AvgIpc) is 3.15. The van der Waals surface area contributed by atoms with Crippen LogP contribution >= 0.6 is 0 Å². The highest BCUT2D eigenvalue weighted by atomic mass is 16.6. The Kier molecular flexibility index (Phi) is 7.37. The predicted molar refractivity (Wildman–Crippen MR) is 137 cm³/mol. The minimum atomic E-state index is -0.664. The molecule has 3 aromatic rings. The van der Waals surface area contributed by atoms with E-state index in [-0.39, 0.29) is 24.5 Å². The molecule has 0 bridgehead atoms. The summed E-state index contributed by atoms with van der Waals surface area (Å²) in [5.74, 6) is -0.671. The molecule has 0 saturated carbocycles. The molecule has 1 atom stereocenters. The number of benzene rings is 3. The predicted octanol–water partition coefficient (Wildman–Crippen LogP) is 5.65. The summed E-state index contributed by atoms with van der Waals surface area (Å²) in [6.07, 6.45) is 2.04. The van der Waals surface area contributed by atoms with E-state index in [0.29, 0.717) is 12.0 Å². The Labute approximate surface area is 207 Å². The summed E-state index contributed by atoms with van der Waals surface area (Å²) in [6.45, 7) is 5.82. The van der Waals surface area contributed by atoms with Crippen LogP contribution in [0.25, 0.3) is 11.1 Å². The summed E-state index contributed by atoms with van der Waals surface area (Å²) in [6, 6.07) is 23.2. The van der Waals surface area contributed by atoms with Crippen LogP contribution in [0, 0.1) is 0 Å². The molecule has 0 radical (unpaired) electrons. The summed E-state index contributed by atoms with van der Waals surface area (Å²) in [7, 11) is 0. The molecule has 1 unspecified atom stereocenters. The SMILES string of the molecule is CC(C)(C)OC(=O)c1ccc(CCCC(N)C(=O)OCC2c3ccccc3-c3ccccc32)cc1. The second kappa shape index (κ2) is 10.4. The minimum absolute atomic E-state index is 0.0297. The topological polar surface area (TPSA) is 78.6 Å². The molecule has 182 valence electrons. The third-order valence-corrected chi connectivity index (χ3v) is 6.23. The van der Waals surface area contributed by atoms with Crippen molar-refractivity contribution in [1.29, 1.82) is 0 Å². The smallest absolute Gasteiger partial charge is 0.338 e. The molecule has 0 spiro atoms. The highest BCUT2D eigenvalue weighted by Gasteiger charge is 2.29. The molecule has 0 fully saturated rings. The van der Waals surface area contributed by atoms with Crippen molar-refractivity contribution in [3.8, 4) is 11.1 Å². The monoisotopic (exact) mass is 471 g/mol. The summed E-state index contributed by atoms with van der Waals surface area (Å²) in [5, 5.41) is 0. The van der Waals surface area contributed by atoms with Crippen LogP contribution in [0.3, 0.4) is 0 Å². The van der Waals surface area contributed by atoms with Gasteiger partial charge >= 0.3 is 11.9 Å². The zero-order valence-electron chi connectivity index (χ0n) is 20.6. The quantitative estimate of drug-likeness (QED) is 0.430. The van der Waals surface area contributed by atoms with Gasteiger partial charge in [0.1, 0.15) is 18.2 Å². The van der Waals surface area contributed by atoms with E-state index in [1.54, 1.807) is 12.1 Å². The Balaban J connectivity index is 1.26. The molecule has 0 heterocycles. The molecule has 1 aliphatic rings. The van der Waals surface area contributed by atoms with Crippen molar-refractivity contribution in [2.75, 3.05) is 6.61 Å². The number of hydrogen-bond acceptors (Lipinski definition) is 5. The van der Waals surface area contributed by atoms with Gasteiger partial charge in [0.2, 0.25) is 0 Å². The molecule has 2 N–H and O–H groups in total. The van der Waals surface area contributed by atoms with Gasteiger partial charge in [-0.1, -0.05) is 60.7 Å². The molecule has 4 rings (SSSR count). The Morgan fingerprint density at radius 3 is 2.03 bits per heavy atom. The van der Waals surface area contributed by atoms with Gasteiger partial charge in [-0.25, -0.2) is 4.79 Å². The number of aryl methyl sites for hydroxylation is 1. The van der Waals surface area contributed by atoms with Crippen molar-refractivity contribution in [3.05, 3.63) is 95.1 Å². The van der Waals surface area contributed by atoms with Crippen molar-refractivity contribution in [1.82, 2.24) is 0 Å². The lowest BCUT2D eigenvalue weighted by atomic mass is 9.98. The highest BCUT2D eigenvalue weighted by Crippen LogP contribution is 2.44. The van der Waals surface area contributed by atoms with E-state index in [1.165, 1.54) is 22.3 Å². The lowest BCUT2D eigenvalue weighted by Gasteiger charge is -2.19. The summed E-state index contributed by atoms with van der Waals surface area (Å²) < 4.78 is 11.1. The number of fused-ring (bicyclic) bond motifs is 3. The molecule has 35 heavy (non-hydrogen) atoms. The number of carbonyl (C=O) groups excluding carboxylic acids is 2. The van der Waals surface area contributed by atoms with Gasteiger partial charge in [0.25, 0.3) is 0 Å². The molecular weight excluding hydrogens is 438 g/mol. The molecule has 0 aromatic heterocycles. The number of rotatable bonds is 8. The molecule has 3 aromatic carbocycles. The molecule has 0 aliphatic heterocycles. The Hall–Kier alpha value is -3.44. The highest BCUT2D eigenvalue weighted by molar-refractivity contribution is 5.89. The van der Waals surface area contributed by atoms with E-state index in [9.17, 15) is 9.59 Å². The fraction of sp³-hybridized carbons (Fsp3) is 0.333. The lowest BCUT2D eigenvalue weighted by molar-refractivity contribution is -0.145. The number of esters is 2. The van der Waals surface area contributed by atoms with Crippen LogP contribution in [0.2, 0.25) is 0 Å². The van der Waals surface area contributed by atoms with E-state index in [0.717, 1.165) is 18.4 Å². The molecule has 1 aliphatic carbocycles. The van der Waals surface area contributed by atoms with Gasteiger partial charge in [0.15, 0.2) is 0 Å². The Morgan fingerprint density at radius 2 is 1.46 bits per heavy atom. The third-order valence-electron chi connectivity index (χ3n) is 6.23. The van der Waals surface area contributed by atoms with Crippen LogP contribution in [0.5, 0.6) is 0 Å². The Morgan fingerprint density at radius 1 is 0.886 bits per heavy atom. The van der Waals surface area contributed by atoms with E-state index >= 15 is 0 Å². The maximum absolute atomic E-state index is 12.6. The molecule has 5 nitrogen and oxygen atoms in total. The first-order chi connectivity index (χ1) is 16.7. The van der Waals surface area contributed by atoms with E-state index in [2.05, 4.69) is 24.3 Å². The first kappa shape index (κ1) is 24.7. The number of ether oxygens (including phenoxy) is 2. The number of hydrogen-bond donors (Lipinski definition) is 1. The summed E-state index contributed by atoms with van der Waals surface area (Å²) >= 11 is 0.